The minimum absolute atomic E-state index is 0.266. The highest BCUT2D eigenvalue weighted by Gasteiger charge is 2.30. The molecule has 1 aromatic heterocycles. The van der Waals surface area contributed by atoms with Gasteiger partial charge in [-0.05, 0) is 69.3 Å². The SMILES string of the molecule is CCN(CC)c1cc(Nc2ccc(NS(=O)(=O)c3ccc(C(F)(F)F)cc3)cc2)nc(C)n1. The summed E-state index contributed by atoms with van der Waals surface area (Å²) in [5.41, 5.74) is 0.0280. The fourth-order valence-electron chi connectivity index (χ4n) is 3.13. The number of aryl methyl sites for hydroxylation is 1. The zero-order chi connectivity index (χ0) is 24.2. The quantitative estimate of drug-likeness (QED) is 0.462. The number of nitrogens with one attached hydrogen (secondary N) is 2. The first-order chi connectivity index (χ1) is 15.5. The Kier molecular flexibility index (Phi) is 7.11. The van der Waals surface area contributed by atoms with E-state index in [0.29, 0.717) is 17.3 Å². The van der Waals surface area contributed by atoms with E-state index in [1.165, 1.54) is 0 Å². The van der Waals surface area contributed by atoms with Crippen LogP contribution in [0, 0.1) is 6.92 Å². The van der Waals surface area contributed by atoms with Crippen LogP contribution in [0.25, 0.3) is 0 Å². The molecule has 0 bridgehead atoms. The molecule has 0 atom stereocenters. The van der Waals surface area contributed by atoms with Crippen molar-refractivity contribution in [3.63, 3.8) is 0 Å². The predicted molar refractivity (Wildman–Crippen MR) is 122 cm³/mol. The molecule has 11 heteroatoms. The molecule has 0 aliphatic carbocycles. The van der Waals surface area contributed by atoms with E-state index < -0.39 is 21.8 Å². The Bertz CT molecular complexity index is 1190. The van der Waals surface area contributed by atoms with Gasteiger partial charge >= 0.3 is 6.18 Å². The molecule has 2 N–H and O–H groups in total. The van der Waals surface area contributed by atoms with Crippen LogP contribution in [0.1, 0.15) is 25.2 Å². The monoisotopic (exact) mass is 479 g/mol. The Balaban J connectivity index is 1.73. The molecule has 0 aliphatic heterocycles. The van der Waals surface area contributed by atoms with E-state index in [4.69, 9.17) is 0 Å². The predicted octanol–water partition coefficient (Wildman–Crippen LogP) is 5.19. The summed E-state index contributed by atoms with van der Waals surface area (Å²) in [6.07, 6.45) is -4.53. The maximum atomic E-state index is 12.7. The third kappa shape index (κ3) is 6.13. The van der Waals surface area contributed by atoms with Crippen molar-refractivity contribution in [2.45, 2.75) is 31.8 Å². The van der Waals surface area contributed by atoms with Crippen LogP contribution in [-0.4, -0.2) is 31.5 Å². The average Bonchev–Trinajstić information content (AvgIpc) is 2.75. The van der Waals surface area contributed by atoms with E-state index in [-0.39, 0.29) is 10.6 Å². The molecule has 0 radical (unpaired) electrons. The Hall–Kier alpha value is -3.34. The van der Waals surface area contributed by atoms with E-state index in [2.05, 4.69) is 24.9 Å². The van der Waals surface area contributed by atoms with Gasteiger partial charge in [-0.3, -0.25) is 4.72 Å². The smallest absolute Gasteiger partial charge is 0.357 e. The maximum absolute atomic E-state index is 12.7. The van der Waals surface area contributed by atoms with Crippen LogP contribution >= 0.6 is 0 Å². The van der Waals surface area contributed by atoms with Gasteiger partial charge in [-0.15, -0.1) is 0 Å². The lowest BCUT2D eigenvalue weighted by molar-refractivity contribution is -0.137. The van der Waals surface area contributed by atoms with Gasteiger partial charge in [-0.25, -0.2) is 18.4 Å². The summed E-state index contributed by atoms with van der Waals surface area (Å²) in [5.74, 6) is 2.02. The van der Waals surface area contributed by atoms with Crippen LogP contribution in [0.15, 0.2) is 59.5 Å². The van der Waals surface area contributed by atoms with Crippen molar-refractivity contribution in [1.29, 1.82) is 0 Å². The van der Waals surface area contributed by atoms with Crippen molar-refractivity contribution < 1.29 is 21.6 Å². The molecule has 3 aromatic rings. The van der Waals surface area contributed by atoms with Crippen molar-refractivity contribution in [3.05, 3.63) is 66.0 Å². The molecule has 2 aromatic carbocycles. The van der Waals surface area contributed by atoms with Crippen molar-refractivity contribution in [1.82, 2.24) is 9.97 Å². The van der Waals surface area contributed by atoms with Crippen LogP contribution in [0.3, 0.4) is 0 Å². The fraction of sp³-hybridized carbons (Fsp3) is 0.273. The second kappa shape index (κ2) is 9.65. The normalized spacial score (nSPS) is 11.8. The van der Waals surface area contributed by atoms with E-state index >= 15 is 0 Å². The summed E-state index contributed by atoms with van der Waals surface area (Å²) in [6.45, 7) is 7.49. The molecule has 176 valence electrons. The molecule has 3 rings (SSSR count). The molecule has 1 heterocycles. The summed E-state index contributed by atoms with van der Waals surface area (Å²) in [7, 11) is -4.04. The van der Waals surface area contributed by atoms with Crippen LogP contribution in [-0.2, 0) is 16.2 Å². The maximum Gasteiger partial charge on any atom is 0.416 e. The first-order valence-corrected chi connectivity index (χ1v) is 11.7. The van der Waals surface area contributed by atoms with Gasteiger partial charge in [-0.1, -0.05) is 0 Å². The Morgan fingerprint density at radius 1 is 0.909 bits per heavy atom. The molecule has 0 saturated heterocycles. The van der Waals surface area contributed by atoms with Crippen molar-refractivity contribution in [2.75, 3.05) is 28.0 Å². The molecule has 0 amide bonds. The largest absolute Gasteiger partial charge is 0.416 e. The topological polar surface area (TPSA) is 87.2 Å². The molecule has 7 nitrogen and oxygen atoms in total. The molecule has 0 saturated carbocycles. The van der Waals surface area contributed by atoms with Gasteiger partial charge in [0.25, 0.3) is 10.0 Å². The second-order valence-corrected chi connectivity index (χ2v) is 8.84. The van der Waals surface area contributed by atoms with Crippen LogP contribution in [0.2, 0.25) is 0 Å². The van der Waals surface area contributed by atoms with Gasteiger partial charge in [0.2, 0.25) is 0 Å². The van der Waals surface area contributed by atoms with E-state index in [9.17, 15) is 21.6 Å². The average molecular weight is 480 g/mol. The number of hydrogen-bond acceptors (Lipinski definition) is 6. The lowest BCUT2D eigenvalue weighted by atomic mass is 10.2. The van der Waals surface area contributed by atoms with E-state index in [0.717, 1.165) is 43.2 Å². The summed E-state index contributed by atoms with van der Waals surface area (Å²) in [6, 6.07) is 11.6. The zero-order valence-corrected chi connectivity index (χ0v) is 19.1. The van der Waals surface area contributed by atoms with Crippen molar-refractivity contribution in [3.8, 4) is 0 Å². The summed E-state index contributed by atoms with van der Waals surface area (Å²) < 4.78 is 65.5. The lowest BCUT2D eigenvalue weighted by Gasteiger charge is -2.20. The van der Waals surface area contributed by atoms with Gasteiger partial charge in [-0.2, -0.15) is 13.2 Å². The van der Waals surface area contributed by atoms with Crippen molar-refractivity contribution >= 4 is 33.0 Å². The number of halogens is 3. The minimum Gasteiger partial charge on any atom is -0.357 e. The molecule has 33 heavy (non-hydrogen) atoms. The number of aromatic nitrogens is 2. The Labute approximate surface area is 190 Å². The number of nitrogens with zero attached hydrogens (tertiary/aromatic N) is 3. The molecule has 0 aliphatic rings. The third-order valence-corrected chi connectivity index (χ3v) is 6.21. The van der Waals surface area contributed by atoms with E-state index in [1.807, 2.05) is 19.9 Å². The zero-order valence-electron chi connectivity index (χ0n) is 18.3. The second-order valence-electron chi connectivity index (χ2n) is 7.16. The standard InChI is InChI=1S/C22H24F3N5O2S/c1-4-30(5-2)21-14-20(26-15(3)27-21)28-17-8-10-18(11-9-17)29-33(31,32)19-12-6-16(7-13-19)22(23,24)25/h6-14,29H,4-5H2,1-3H3,(H,26,27,28). The summed E-state index contributed by atoms with van der Waals surface area (Å²) in [4.78, 5) is 10.7. The molecule has 0 spiro atoms. The van der Waals surface area contributed by atoms with Crippen LogP contribution < -0.4 is 14.9 Å². The number of alkyl halides is 3. The van der Waals surface area contributed by atoms with Gasteiger partial charge < -0.3 is 10.2 Å². The van der Waals surface area contributed by atoms with Gasteiger partial charge in [0, 0.05) is 30.5 Å². The fourth-order valence-corrected chi connectivity index (χ4v) is 4.19. The number of sulfonamides is 1. The Morgan fingerprint density at radius 2 is 1.48 bits per heavy atom. The number of rotatable bonds is 8. The Morgan fingerprint density at radius 3 is 2.03 bits per heavy atom. The number of benzene rings is 2. The van der Waals surface area contributed by atoms with Gasteiger partial charge in [0.15, 0.2) is 0 Å². The molecular formula is C22H24F3N5O2S. The minimum atomic E-state index is -4.53. The van der Waals surface area contributed by atoms with E-state index in [1.54, 1.807) is 31.2 Å². The number of anilines is 4. The highest BCUT2D eigenvalue weighted by molar-refractivity contribution is 7.92. The highest BCUT2D eigenvalue weighted by atomic mass is 32.2. The third-order valence-electron chi connectivity index (χ3n) is 4.81. The first kappa shape index (κ1) is 24.3. The molecular weight excluding hydrogens is 455 g/mol. The lowest BCUT2D eigenvalue weighted by Crippen LogP contribution is -2.23. The highest BCUT2D eigenvalue weighted by Crippen LogP contribution is 2.30. The molecule has 0 unspecified atom stereocenters. The van der Waals surface area contributed by atoms with Crippen molar-refractivity contribution in [2.24, 2.45) is 0 Å². The van der Waals surface area contributed by atoms with Gasteiger partial charge in [0.1, 0.15) is 17.5 Å². The molecule has 0 fully saturated rings. The first-order valence-electron chi connectivity index (χ1n) is 10.2. The van der Waals surface area contributed by atoms with Crippen LogP contribution in [0.5, 0.6) is 0 Å². The summed E-state index contributed by atoms with van der Waals surface area (Å²) in [5, 5.41) is 3.17. The van der Waals surface area contributed by atoms with Gasteiger partial charge in [0.05, 0.1) is 10.5 Å². The summed E-state index contributed by atoms with van der Waals surface area (Å²) >= 11 is 0. The van der Waals surface area contributed by atoms with Crippen LogP contribution in [0.4, 0.5) is 36.2 Å². The number of hydrogen-bond donors (Lipinski definition) is 2.